The maximum Gasteiger partial charge on any atom is 0.450 e. The summed E-state index contributed by atoms with van der Waals surface area (Å²) in [5, 5.41) is 9.63. The second kappa shape index (κ2) is 6.63. The van der Waals surface area contributed by atoms with Gasteiger partial charge in [-0.2, -0.15) is 13.2 Å². The van der Waals surface area contributed by atoms with Gasteiger partial charge in [-0.05, 0) is 43.4 Å². The topological polar surface area (TPSA) is 68.0 Å². The van der Waals surface area contributed by atoms with Gasteiger partial charge in [-0.25, -0.2) is 14.5 Å². The first-order chi connectivity index (χ1) is 12.9. The minimum absolute atomic E-state index is 0.134. The largest absolute Gasteiger partial charge is 0.506 e. The molecule has 0 unspecified atom stereocenters. The summed E-state index contributed by atoms with van der Waals surface area (Å²) < 4.78 is 41.4. The Morgan fingerprint density at radius 1 is 1.11 bits per heavy atom. The van der Waals surface area contributed by atoms with Gasteiger partial charge in [-0.15, -0.1) is 11.3 Å². The van der Waals surface area contributed by atoms with Gasteiger partial charge in [0.1, 0.15) is 16.4 Å². The van der Waals surface area contributed by atoms with E-state index in [1.165, 1.54) is 23.5 Å². The lowest BCUT2D eigenvalue weighted by atomic mass is 9.98. The first kappa shape index (κ1) is 18.0. The van der Waals surface area contributed by atoms with Crippen molar-refractivity contribution in [2.75, 3.05) is 0 Å². The van der Waals surface area contributed by atoms with Crippen LogP contribution in [0.1, 0.15) is 41.9 Å². The predicted molar refractivity (Wildman–Crippen MR) is 95.6 cm³/mol. The van der Waals surface area contributed by atoms with E-state index in [1.807, 2.05) is 0 Å². The number of nitrogens with zero attached hydrogens (tertiary/aromatic N) is 3. The summed E-state index contributed by atoms with van der Waals surface area (Å²) in [7, 11) is 0. The minimum atomic E-state index is -4.81. The molecule has 0 atom stereocenters. The fourth-order valence-electron chi connectivity index (χ4n) is 3.47. The van der Waals surface area contributed by atoms with Crippen molar-refractivity contribution in [3.8, 4) is 11.6 Å². The molecule has 0 bridgehead atoms. The molecular weight excluding hydrogens is 379 g/mol. The van der Waals surface area contributed by atoms with Crippen LogP contribution in [0, 0.1) is 0 Å². The molecule has 27 heavy (non-hydrogen) atoms. The molecule has 3 heterocycles. The summed E-state index contributed by atoms with van der Waals surface area (Å²) >= 11 is 1.19. The van der Waals surface area contributed by atoms with Gasteiger partial charge in [0.2, 0.25) is 5.82 Å². The fraction of sp³-hybridized carbons (Fsp3) is 0.389. The standard InChI is InChI=1S/C18H16F3N3O2S/c19-18(20,21)17-23-15-14(11-5-3-1-2-4-6-12(11)27-15)16(26)24(17)13-8-7-10(25)9-22-13/h7-9,25H,1-6H2. The van der Waals surface area contributed by atoms with E-state index in [2.05, 4.69) is 9.97 Å². The van der Waals surface area contributed by atoms with Gasteiger partial charge in [0, 0.05) is 4.88 Å². The molecule has 3 aromatic rings. The smallest absolute Gasteiger partial charge is 0.450 e. The lowest BCUT2D eigenvalue weighted by Gasteiger charge is -2.14. The number of pyridine rings is 1. The molecular formula is C18H16F3N3O2S. The Balaban J connectivity index is 2.05. The van der Waals surface area contributed by atoms with Gasteiger partial charge in [-0.1, -0.05) is 12.8 Å². The minimum Gasteiger partial charge on any atom is -0.506 e. The van der Waals surface area contributed by atoms with Gasteiger partial charge in [0.05, 0.1) is 11.6 Å². The monoisotopic (exact) mass is 395 g/mol. The highest BCUT2D eigenvalue weighted by atomic mass is 32.1. The molecule has 0 saturated heterocycles. The van der Waals surface area contributed by atoms with E-state index in [9.17, 15) is 23.1 Å². The number of alkyl halides is 3. The van der Waals surface area contributed by atoms with E-state index in [1.54, 1.807) is 0 Å². The average molecular weight is 395 g/mol. The third-order valence-corrected chi connectivity index (χ3v) is 5.89. The Hall–Kier alpha value is -2.42. The molecule has 0 aromatic carbocycles. The summed E-state index contributed by atoms with van der Waals surface area (Å²) in [6, 6.07) is 2.37. The molecule has 3 aromatic heterocycles. The number of thiophene rings is 1. The Morgan fingerprint density at radius 3 is 2.52 bits per heavy atom. The molecule has 0 amide bonds. The zero-order valence-electron chi connectivity index (χ0n) is 14.2. The molecule has 1 aliphatic carbocycles. The second-order valence-electron chi connectivity index (χ2n) is 6.55. The van der Waals surface area contributed by atoms with Crippen molar-refractivity contribution in [2.45, 2.75) is 44.7 Å². The quantitative estimate of drug-likeness (QED) is 0.670. The molecule has 0 saturated carbocycles. The molecule has 0 fully saturated rings. The van der Waals surface area contributed by atoms with Crippen LogP contribution in [-0.2, 0) is 19.0 Å². The lowest BCUT2D eigenvalue weighted by Crippen LogP contribution is -2.29. The zero-order chi connectivity index (χ0) is 19.2. The summed E-state index contributed by atoms with van der Waals surface area (Å²) in [6.07, 6.45) is 1.59. The number of aromatic nitrogens is 3. The van der Waals surface area contributed by atoms with Gasteiger partial charge in [-0.3, -0.25) is 4.79 Å². The van der Waals surface area contributed by atoms with E-state index in [0.29, 0.717) is 11.0 Å². The number of fused-ring (bicyclic) bond motifs is 3. The Kier molecular flexibility index (Phi) is 4.41. The van der Waals surface area contributed by atoms with E-state index in [-0.39, 0.29) is 21.8 Å². The molecule has 0 radical (unpaired) electrons. The zero-order valence-corrected chi connectivity index (χ0v) is 15.0. The Labute approximate surface area is 156 Å². The van der Waals surface area contributed by atoms with Crippen LogP contribution < -0.4 is 5.56 Å². The van der Waals surface area contributed by atoms with E-state index < -0.39 is 17.6 Å². The maximum absolute atomic E-state index is 13.6. The van der Waals surface area contributed by atoms with Gasteiger partial charge in [0.25, 0.3) is 5.56 Å². The molecule has 0 spiro atoms. The Morgan fingerprint density at radius 2 is 1.85 bits per heavy atom. The van der Waals surface area contributed by atoms with Crippen LogP contribution in [0.3, 0.4) is 0 Å². The molecule has 5 nitrogen and oxygen atoms in total. The first-order valence-electron chi connectivity index (χ1n) is 8.66. The number of aryl methyl sites for hydroxylation is 2. The number of rotatable bonds is 1. The van der Waals surface area contributed by atoms with Crippen molar-refractivity contribution in [3.05, 3.63) is 44.9 Å². The summed E-state index contributed by atoms with van der Waals surface area (Å²) in [6.45, 7) is 0. The maximum atomic E-state index is 13.6. The highest BCUT2D eigenvalue weighted by Gasteiger charge is 2.39. The molecule has 142 valence electrons. The van der Waals surface area contributed by atoms with Crippen LogP contribution in [0.2, 0.25) is 0 Å². The highest BCUT2D eigenvalue weighted by molar-refractivity contribution is 7.18. The van der Waals surface area contributed by atoms with E-state index in [4.69, 9.17) is 0 Å². The van der Waals surface area contributed by atoms with Gasteiger partial charge in [0.15, 0.2) is 0 Å². The van der Waals surface area contributed by atoms with Crippen LogP contribution >= 0.6 is 11.3 Å². The predicted octanol–water partition coefficient (Wildman–Crippen LogP) is 4.23. The fourth-order valence-corrected chi connectivity index (χ4v) is 4.72. The third kappa shape index (κ3) is 3.20. The van der Waals surface area contributed by atoms with Crippen LogP contribution in [0.4, 0.5) is 13.2 Å². The van der Waals surface area contributed by atoms with Gasteiger partial charge < -0.3 is 5.11 Å². The number of halogens is 3. The molecule has 1 aliphatic rings. The van der Waals surface area contributed by atoms with Crippen molar-refractivity contribution < 1.29 is 18.3 Å². The molecule has 9 heteroatoms. The van der Waals surface area contributed by atoms with Crippen molar-refractivity contribution in [1.82, 2.24) is 14.5 Å². The van der Waals surface area contributed by atoms with E-state index >= 15 is 0 Å². The Bertz CT molecular complexity index is 1050. The number of hydrogen-bond acceptors (Lipinski definition) is 5. The summed E-state index contributed by atoms with van der Waals surface area (Å²) in [4.78, 5) is 21.9. The van der Waals surface area contributed by atoms with Crippen LogP contribution in [0.15, 0.2) is 23.1 Å². The van der Waals surface area contributed by atoms with Crippen LogP contribution in [0.5, 0.6) is 5.75 Å². The number of aromatic hydroxyl groups is 1. The first-order valence-corrected chi connectivity index (χ1v) is 9.48. The summed E-state index contributed by atoms with van der Waals surface area (Å²) in [5.74, 6) is -1.72. The third-order valence-electron chi connectivity index (χ3n) is 4.70. The SMILES string of the molecule is O=c1c2c3c(sc2nc(C(F)(F)F)n1-c1ccc(O)cn1)CCCCCC3. The average Bonchev–Trinajstić information content (AvgIpc) is 2.92. The van der Waals surface area contributed by atoms with Crippen molar-refractivity contribution >= 4 is 21.6 Å². The summed E-state index contributed by atoms with van der Waals surface area (Å²) in [5.41, 5.74) is 0.0667. The van der Waals surface area contributed by atoms with Gasteiger partial charge >= 0.3 is 6.18 Å². The molecule has 0 aliphatic heterocycles. The second-order valence-corrected chi connectivity index (χ2v) is 7.63. The number of hydrogen-bond donors (Lipinski definition) is 1. The van der Waals surface area contributed by atoms with E-state index in [0.717, 1.165) is 48.7 Å². The molecule has 1 N–H and O–H groups in total. The lowest BCUT2D eigenvalue weighted by molar-refractivity contribution is -0.146. The van der Waals surface area contributed by atoms with Crippen molar-refractivity contribution in [3.63, 3.8) is 0 Å². The highest BCUT2D eigenvalue weighted by Crippen LogP contribution is 2.36. The van der Waals surface area contributed by atoms with Crippen molar-refractivity contribution in [2.24, 2.45) is 0 Å². The normalized spacial score (nSPS) is 15.4. The van der Waals surface area contributed by atoms with Crippen LogP contribution in [-0.4, -0.2) is 19.6 Å². The van der Waals surface area contributed by atoms with Crippen molar-refractivity contribution in [1.29, 1.82) is 0 Å². The molecule has 4 rings (SSSR count). The van der Waals surface area contributed by atoms with Crippen LogP contribution in [0.25, 0.3) is 16.0 Å².